The second-order valence-corrected chi connectivity index (χ2v) is 40.8. The first-order chi connectivity index (χ1) is 27.4. The minimum atomic E-state index is -3.44. The Morgan fingerprint density at radius 3 is 1.05 bits per heavy atom. The molecule has 326 valence electrons. The minimum Gasteiger partial charge on any atom is -1.00 e. The van der Waals surface area contributed by atoms with Gasteiger partial charge in [0.1, 0.15) is 0 Å². The largest absolute Gasteiger partial charge is 1.00 e. The van der Waals surface area contributed by atoms with Crippen LogP contribution < -0.4 is 24.8 Å². The van der Waals surface area contributed by atoms with Gasteiger partial charge in [-0.1, -0.05) is 0 Å². The molecular weight excluding hydrogens is 946 g/mol. The van der Waals surface area contributed by atoms with Crippen molar-refractivity contribution in [2.75, 3.05) is 0 Å². The van der Waals surface area contributed by atoms with Crippen LogP contribution in [-0.2, 0) is 41.6 Å². The van der Waals surface area contributed by atoms with Crippen LogP contribution in [0.25, 0.3) is 34.4 Å². The summed E-state index contributed by atoms with van der Waals surface area (Å²) in [6.45, 7) is 38.6. The summed E-state index contributed by atoms with van der Waals surface area (Å²) in [7, 11) is 0. The van der Waals surface area contributed by atoms with Gasteiger partial charge in [0, 0.05) is 0 Å². The van der Waals surface area contributed by atoms with E-state index in [1.807, 2.05) is 0 Å². The number of fused-ring (bicyclic) bond motifs is 3. The van der Waals surface area contributed by atoms with E-state index < -0.39 is 20.0 Å². The summed E-state index contributed by atoms with van der Waals surface area (Å²) in [5, 5.41) is 0. The van der Waals surface area contributed by atoms with Crippen LogP contribution in [0.5, 0.6) is 0 Å². The van der Waals surface area contributed by atoms with Crippen molar-refractivity contribution in [3.8, 4) is 22.3 Å². The molecule has 3 aliphatic carbocycles. The molecule has 0 radical (unpaired) electrons. The van der Waals surface area contributed by atoms with Crippen LogP contribution in [0.2, 0.25) is 7.35 Å². The van der Waals surface area contributed by atoms with Gasteiger partial charge < -0.3 is 24.8 Å². The molecule has 0 amide bonds. The quantitative estimate of drug-likeness (QED) is 0.169. The zero-order chi connectivity index (χ0) is 42.8. The van der Waals surface area contributed by atoms with Crippen molar-refractivity contribution in [1.82, 2.24) is 0 Å². The van der Waals surface area contributed by atoms with Crippen LogP contribution in [-0.4, -0.2) is 0 Å². The molecule has 1 aliphatic heterocycles. The Bertz CT molecular complexity index is 2130. The van der Waals surface area contributed by atoms with Gasteiger partial charge in [-0.15, -0.1) is 0 Å². The third kappa shape index (κ3) is 8.35. The van der Waals surface area contributed by atoms with E-state index in [0.29, 0.717) is 19.2 Å². The van der Waals surface area contributed by atoms with Gasteiger partial charge >= 0.3 is 367 Å². The van der Waals surface area contributed by atoms with Gasteiger partial charge in [0.05, 0.1) is 0 Å². The molecule has 0 bridgehead atoms. The average Bonchev–Trinajstić information content (AvgIpc) is 3.41. The van der Waals surface area contributed by atoms with Crippen molar-refractivity contribution in [3.05, 3.63) is 128 Å². The van der Waals surface area contributed by atoms with Crippen LogP contribution in [0.4, 0.5) is 0 Å². The van der Waals surface area contributed by atoms with Crippen molar-refractivity contribution in [3.63, 3.8) is 0 Å². The van der Waals surface area contributed by atoms with E-state index in [-0.39, 0.29) is 46.5 Å². The third-order valence-electron chi connectivity index (χ3n) is 15.4. The molecule has 61 heavy (non-hydrogen) atoms. The van der Waals surface area contributed by atoms with Crippen LogP contribution in [0.3, 0.4) is 0 Å². The number of hydrogen-bond donors (Lipinski definition) is 0. The first-order valence-corrected chi connectivity index (χ1v) is 31.7. The van der Waals surface area contributed by atoms with Gasteiger partial charge in [0.25, 0.3) is 0 Å². The molecule has 4 unspecified atom stereocenters. The summed E-state index contributed by atoms with van der Waals surface area (Å²) in [5.74, 6) is 1.06. The Labute approximate surface area is 389 Å². The van der Waals surface area contributed by atoms with Crippen LogP contribution in [0.15, 0.2) is 83.9 Å². The van der Waals surface area contributed by atoms with Gasteiger partial charge in [0.2, 0.25) is 0 Å². The number of rotatable bonds is 6. The van der Waals surface area contributed by atoms with E-state index in [9.17, 15) is 0 Å². The Morgan fingerprint density at radius 2 is 0.770 bits per heavy atom. The van der Waals surface area contributed by atoms with E-state index in [2.05, 4.69) is 196 Å². The van der Waals surface area contributed by atoms with E-state index in [0.717, 1.165) is 7.35 Å². The van der Waals surface area contributed by atoms with Gasteiger partial charge in [0.15, 0.2) is 0 Å². The Balaban J connectivity index is 0.00000311. The normalized spacial score (nSPS) is 22.4. The van der Waals surface area contributed by atoms with Crippen molar-refractivity contribution < 1.29 is 44.8 Å². The topological polar surface area (TPSA) is 0 Å². The maximum atomic E-state index is 2.75. The standard InChI is InChI=1S/2C26H33.C6H10.2ClH.Hf/c2*1-17(2)19-12-18-10-9-11-23(24(18)15-19)20-13-21(25(3,4)5)16-22(14-20)26(6,7)8;1-2-4-6-5-3-1;;;/h2*9-17H,1-8H3;1-2H,3-6H2;2*1H;/q;;;;;+2/p-2. The fraction of sp³-hybridized carbons (Fsp3) is 0.517. The van der Waals surface area contributed by atoms with Gasteiger partial charge in [-0.3, -0.25) is 0 Å². The molecule has 1 saturated heterocycles. The van der Waals surface area contributed by atoms with Gasteiger partial charge in [-0.25, -0.2) is 0 Å². The van der Waals surface area contributed by atoms with Crippen LogP contribution in [0, 0.1) is 11.8 Å². The summed E-state index contributed by atoms with van der Waals surface area (Å²) in [4.78, 5) is 0. The molecule has 0 aromatic heterocycles. The molecule has 4 atom stereocenters. The molecule has 4 aromatic rings. The molecule has 2 fully saturated rings. The Morgan fingerprint density at radius 1 is 0.459 bits per heavy atom. The fourth-order valence-electron chi connectivity index (χ4n) is 12.0. The monoisotopic (exact) mass is 1020 g/mol. The maximum Gasteiger partial charge on any atom is -1.00 e. The second kappa shape index (κ2) is 16.7. The van der Waals surface area contributed by atoms with Crippen LogP contribution in [0.1, 0.15) is 188 Å². The summed E-state index contributed by atoms with van der Waals surface area (Å²) in [6, 6.07) is 30.1. The number of halogens is 2. The third-order valence-corrected chi connectivity index (χ3v) is 40.0. The molecule has 8 rings (SSSR count). The van der Waals surface area contributed by atoms with Crippen molar-refractivity contribution >= 4 is 12.2 Å². The Kier molecular flexibility index (Phi) is 13.2. The maximum absolute atomic E-state index is 3.44. The van der Waals surface area contributed by atoms with Gasteiger partial charge in [-0.2, -0.15) is 0 Å². The van der Waals surface area contributed by atoms with Crippen LogP contribution >= 0.6 is 0 Å². The number of allylic oxidation sites excluding steroid dienone is 2. The minimum absolute atomic E-state index is 0. The van der Waals surface area contributed by atoms with E-state index >= 15 is 0 Å². The van der Waals surface area contributed by atoms with Crippen molar-refractivity contribution in [2.24, 2.45) is 11.8 Å². The SMILES string of the molecule is CC(C)C1=Cc2c(-c3cc(C(C)(C)C)cc(C(C)(C)C)c3)cccc2[CH]1[Hf+2]1([CH]2C(C(C)C)=Cc3c(-c4cc(C(C)(C)C)cc(C(C)(C)C)c4)cccc32)[CH]2CCCC[CH]21.[Cl-].[Cl-]. The Hall–Kier alpha value is -2.19. The molecule has 0 N–H and O–H groups in total. The van der Waals surface area contributed by atoms with Crippen molar-refractivity contribution in [2.45, 2.75) is 173 Å². The number of hydrogen-bond acceptors (Lipinski definition) is 0. The van der Waals surface area contributed by atoms with Crippen molar-refractivity contribution in [1.29, 1.82) is 0 Å². The molecule has 4 aromatic carbocycles. The van der Waals surface area contributed by atoms with E-state index in [4.69, 9.17) is 0 Å². The van der Waals surface area contributed by atoms with Gasteiger partial charge in [-0.05, 0) is 0 Å². The molecular formula is C58H76Cl2Hf. The predicted molar refractivity (Wildman–Crippen MR) is 256 cm³/mol. The molecule has 1 heterocycles. The van der Waals surface area contributed by atoms with E-state index in [1.54, 1.807) is 33.4 Å². The molecule has 0 nitrogen and oxygen atoms in total. The zero-order valence-corrected chi connectivity index (χ0v) is 45.7. The summed E-state index contributed by atoms with van der Waals surface area (Å²) in [6.07, 6.45) is 11.3. The smallest absolute Gasteiger partial charge is 1.00 e. The summed E-state index contributed by atoms with van der Waals surface area (Å²) >= 11 is -3.44. The predicted octanol–water partition coefficient (Wildman–Crippen LogP) is 11.4. The molecule has 1 saturated carbocycles. The summed E-state index contributed by atoms with van der Waals surface area (Å²) < 4.78 is 3.20. The first kappa shape index (κ1) is 48.3. The average molecular weight is 1020 g/mol. The molecule has 0 spiro atoms. The zero-order valence-electron chi connectivity index (χ0n) is 40.6. The second-order valence-electron chi connectivity index (χ2n) is 24.2. The summed E-state index contributed by atoms with van der Waals surface area (Å²) in [5.41, 5.74) is 21.8. The number of benzene rings is 4. The first-order valence-electron chi connectivity index (χ1n) is 23.5. The molecule has 3 heteroatoms. The fourth-order valence-corrected chi connectivity index (χ4v) is 48.3. The van der Waals surface area contributed by atoms with E-state index in [1.165, 1.54) is 70.2 Å². The molecule has 4 aliphatic rings.